The molecule has 4 amide bonds. The summed E-state index contributed by atoms with van der Waals surface area (Å²) in [6.45, 7) is 1.94. The number of carbonyl (C=O) groups excluding carboxylic acids is 4. The number of amides is 4. The fraction of sp³-hybridized carbons (Fsp3) is 0.500. The zero-order valence-corrected chi connectivity index (χ0v) is 16.0. The van der Waals surface area contributed by atoms with Crippen LogP contribution in [0.25, 0.3) is 0 Å². The van der Waals surface area contributed by atoms with Crippen molar-refractivity contribution in [1.29, 1.82) is 0 Å². The van der Waals surface area contributed by atoms with Gasteiger partial charge in [0, 0.05) is 29.8 Å². The molecule has 154 valence electrons. The molecule has 9 heteroatoms. The van der Waals surface area contributed by atoms with Crippen LogP contribution in [0, 0.1) is 0 Å². The summed E-state index contributed by atoms with van der Waals surface area (Å²) >= 11 is 0. The zero-order valence-electron chi connectivity index (χ0n) is 16.0. The smallest absolute Gasteiger partial charge is 0.255 e. The van der Waals surface area contributed by atoms with Crippen molar-refractivity contribution in [3.05, 3.63) is 29.3 Å². The number of carbonyl (C=O) groups is 4. The van der Waals surface area contributed by atoms with E-state index in [1.165, 1.54) is 4.90 Å². The Balaban J connectivity index is 1.42. The summed E-state index contributed by atoms with van der Waals surface area (Å²) in [7, 11) is 0. The standard InChI is InChI=1S/C20H24N4O5/c25-17-5-4-16(19(27)23-17)24-10-14-13(20(24)28)2-1-3-15(14)22-18(26)11-29-12-6-8-21-9-7-12/h1-3,12,16,21H,4-11H2,(H,22,26)(H,23,25,27). The molecule has 0 radical (unpaired) electrons. The van der Waals surface area contributed by atoms with Crippen molar-refractivity contribution in [3.8, 4) is 0 Å². The molecule has 0 saturated carbocycles. The molecule has 3 N–H and O–H groups in total. The summed E-state index contributed by atoms with van der Waals surface area (Å²) in [5, 5.41) is 8.36. The van der Waals surface area contributed by atoms with Gasteiger partial charge in [-0.2, -0.15) is 0 Å². The van der Waals surface area contributed by atoms with Crippen LogP contribution in [-0.2, 0) is 25.7 Å². The van der Waals surface area contributed by atoms with Crippen LogP contribution in [0.15, 0.2) is 18.2 Å². The van der Waals surface area contributed by atoms with E-state index in [0.717, 1.165) is 25.9 Å². The Kier molecular flexibility index (Phi) is 5.59. The van der Waals surface area contributed by atoms with E-state index in [4.69, 9.17) is 4.74 Å². The van der Waals surface area contributed by atoms with Crippen molar-refractivity contribution >= 4 is 29.3 Å². The third-order valence-corrected chi connectivity index (χ3v) is 5.59. The molecule has 3 aliphatic heterocycles. The topological polar surface area (TPSA) is 117 Å². The number of nitrogens with one attached hydrogen (secondary N) is 3. The summed E-state index contributed by atoms with van der Waals surface area (Å²) in [5.74, 6) is -1.32. The highest BCUT2D eigenvalue weighted by atomic mass is 16.5. The second-order valence-electron chi connectivity index (χ2n) is 7.54. The van der Waals surface area contributed by atoms with E-state index < -0.39 is 11.9 Å². The number of fused-ring (bicyclic) bond motifs is 1. The Morgan fingerprint density at radius 3 is 2.72 bits per heavy atom. The van der Waals surface area contributed by atoms with E-state index >= 15 is 0 Å². The van der Waals surface area contributed by atoms with Gasteiger partial charge in [-0.25, -0.2) is 0 Å². The number of piperidine rings is 2. The largest absolute Gasteiger partial charge is 0.368 e. The molecule has 1 aromatic rings. The van der Waals surface area contributed by atoms with E-state index in [2.05, 4.69) is 16.0 Å². The number of benzene rings is 1. The molecule has 2 saturated heterocycles. The maximum atomic E-state index is 12.8. The van der Waals surface area contributed by atoms with Crippen LogP contribution in [0.3, 0.4) is 0 Å². The molecule has 1 unspecified atom stereocenters. The van der Waals surface area contributed by atoms with Crippen molar-refractivity contribution in [1.82, 2.24) is 15.5 Å². The maximum Gasteiger partial charge on any atom is 0.255 e. The van der Waals surface area contributed by atoms with Crippen molar-refractivity contribution in [3.63, 3.8) is 0 Å². The van der Waals surface area contributed by atoms with Gasteiger partial charge in [-0.15, -0.1) is 0 Å². The van der Waals surface area contributed by atoms with Gasteiger partial charge in [-0.1, -0.05) is 6.07 Å². The number of hydrogen-bond donors (Lipinski definition) is 3. The van der Waals surface area contributed by atoms with Crippen molar-refractivity contribution in [2.45, 2.75) is 44.4 Å². The molecule has 0 aliphatic carbocycles. The first-order valence-corrected chi connectivity index (χ1v) is 9.91. The van der Waals surface area contributed by atoms with E-state index in [1.807, 2.05) is 0 Å². The number of rotatable bonds is 5. The van der Waals surface area contributed by atoms with Crippen LogP contribution in [0.4, 0.5) is 5.69 Å². The number of ether oxygens (including phenoxy) is 1. The molecule has 1 aromatic carbocycles. The average Bonchev–Trinajstić information content (AvgIpc) is 3.05. The number of anilines is 1. The number of nitrogens with zero attached hydrogens (tertiary/aromatic N) is 1. The summed E-state index contributed by atoms with van der Waals surface area (Å²) in [4.78, 5) is 50.2. The van der Waals surface area contributed by atoms with Gasteiger partial charge in [-0.3, -0.25) is 24.5 Å². The molecule has 0 aromatic heterocycles. The Morgan fingerprint density at radius 2 is 1.97 bits per heavy atom. The molecular weight excluding hydrogens is 376 g/mol. The zero-order chi connectivity index (χ0) is 20.4. The average molecular weight is 400 g/mol. The highest BCUT2D eigenvalue weighted by Crippen LogP contribution is 2.32. The van der Waals surface area contributed by atoms with Crippen molar-refractivity contribution < 1.29 is 23.9 Å². The first kappa shape index (κ1) is 19.5. The molecule has 1 atom stereocenters. The van der Waals surface area contributed by atoms with Gasteiger partial charge in [0.15, 0.2) is 0 Å². The number of hydrogen-bond acceptors (Lipinski definition) is 6. The molecule has 0 bridgehead atoms. The minimum absolute atomic E-state index is 0.0425. The lowest BCUT2D eigenvalue weighted by Crippen LogP contribution is -2.52. The first-order chi connectivity index (χ1) is 14.0. The molecule has 29 heavy (non-hydrogen) atoms. The van der Waals surface area contributed by atoms with E-state index in [-0.39, 0.29) is 43.4 Å². The molecule has 9 nitrogen and oxygen atoms in total. The van der Waals surface area contributed by atoms with E-state index in [9.17, 15) is 19.2 Å². The molecule has 4 rings (SSSR count). The lowest BCUT2D eigenvalue weighted by molar-refractivity contribution is -0.137. The normalized spacial score (nSPS) is 22.4. The molecule has 3 heterocycles. The fourth-order valence-electron chi connectivity index (χ4n) is 4.04. The Labute approximate surface area is 168 Å². The molecular formula is C20H24N4O5. The van der Waals surface area contributed by atoms with Gasteiger partial charge in [0.25, 0.3) is 5.91 Å². The number of imide groups is 1. The summed E-state index contributed by atoms with van der Waals surface area (Å²) < 4.78 is 5.68. The highest BCUT2D eigenvalue weighted by molar-refractivity contribution is 6.06. The second kappa shape index (κ2) is 8.30. The third kappa shape index (κ3) is 4.15. The van der Waals surface area contributed by atoms with Gasteiger partial charge < -0.3 is 20.3 Å². The lowest BCUT2D eigenvalue weighted by atomic mass is 10.0. The monoisotopic (exact) mass is 400 g/mol. The fourth-order valence-corrected chi connectivity index (χ4v) is 4.04. The van der Waals surface area contributed by atoms with Gasteiger partial charge in [0.2, 0.25) is 17.7 Å². The van der Waals surface area contributed by atoms with E-state index in [0.29, 0.717) is 23.2 Å². The van der Waals surface area contributed by atoms with E-state index in [1.54, 1.807) is 18.2 Å². The summed E-state index contributed by atoms with van der Waals surface area (Å²) in [6, 6.07) is 4.45. The second-order valence-corrected chi connectivity index (χ2v) is 7.54. The van der Waals surface area contributed by atoms with Crippen molar-refractivity contribution in [2.24, 2.45) is 0 Å². The SMILES string of the molecule is O=C1CCC(N2Cc3c(NC(=O)COC4CCNCC4)cccc3C2=O)C(=O)N1. The van der Waals surface area contributed by atoms with Gasteiger partial charge in [-0.05, 0) is 44.5 Å². The predicted octanol–water partition coefficient (Wildman–Crippen LogP) is 0.155. The van der Waals surface area contributed by atoms with Crippen LogP contribution in [0.1, 0.15) is 41.6 Å². The summed E-state index contributed by atoms with van der Waals surface area (Å²) in [5.41, 5.74) is 1.69. The molecule has 3 aliphatic rings. The molecule has 0 spiro atoms. The van der Waals surface area contributed by atoms with Crippen LogP contribution in [0.2, 0.25) is 0 Å². The maximum absolute atomic E-state index is 12.8. The van der Waals surface area contributed by atoms with Gasteiger partial charge >= 0.3 is 0 Å². The first-order valence-electron chi connectivity index (χ1n) is 9.91. The Bertz CT molecular complexity index is 849. The third-order valence-electron chi connectivity index (χ3n) is 5.59. The van der Waals surface area contributed by atoms with Crippen LogP contribution >= 0.6 is 0 Å². The lowest BCUT2D eigenvalue weighted by Gasteiger charge is -2.29. The molecule has 2 fully saturated rings. The minimum atomic E-state index is -0.681. The Morgan fingerprint density at radius 1 is 1.17 bits per heavy atom. The van der Waals surface area contributed by atoms with Gasteiger partial charge in [0.1, 0.15) is 12.6 Å². The minimum Gasteiger partial charge on any atom is -0.368 e. The highest BCUT2D eigenvalue weighted by Gasteiger charge is 2.39. The summed E-state index contributed by atoms with van der Waals surface area (Å²) in [6.07, 6.45) is 2.34. The van der Waals surface area contributed by atoms with Crippen LogP contribution in [-0.4, -0.2) is 60.4 Å². The van der Waals surface area contributed by atoms with Crippen LogP contribution < -0.4 is 16.0 Å². The quantitative estimate of drug-likeness (QED) is 0.606. The van der Waals surface area contributed by atoms with Crippen molar-refractivity contribution in [2.75, 3.05) is 25.0 Å². The Hall–Kier alpha value is -2.78. The van der Waals surface area contributed by atoms with Gasteiger partial charge in [0.05, 0.1) is 6.10 Å². The predicted molar refractivity (Wildman–Crippen MR) is 103 cm³/mol. The van der Waals surface area contributed by atoms with Crippen LogP contribution in [0.5, 0.6) is 0 Å².